The number of benzene rings is 1. The number of nitrogens with two attached hydrogens (primary N) is 1. The van der Waals surface area contributed by atoms with Crippen molar-refractivity contribution >= 4 is 11.6 Å². The standard InChI is InChI=1S/C12H16ClNO2/c13-9-1-3-10(4-2-9)15-8-12-6-5-11(7-14)16-12/h1-4,11-12H,5-8,14H2. The topological polar surface area (TPSA) is 44.5 Å². The Balaban J connectivity index is 1.77. The van der Waals surface area contributed by atoms with Crippen molar-refractivity contribution in [2.24, 2.45) is 5.73 Å². The van der Waals surface area contributed by atoms with Crippen LogP contribution in [0.15, 0.2) is 24.3 Å². The van der Waals surface area contributed by atoms with E-state index < -0.39 is 0 Å². The molecule has 3 nitrogen and oxygen atoms in total. The van der Waals surface area contributed by atoms with Crippen molar-refractivity contribution in [3.63, 3.8) is 0 Å². The van der Waals surface area contributed by atoms with Gasteiger partial charge in [-0.15, -0.1) is 0 Å². The number of rotatable bonds is 4. The van der Waals surface area contributed by atoms with Gasteiger partial charge in [0.15, 0.2) is 0 Å². The number of ether oxygens (including phenoxy) is 2. The summed E-state index contributed by atoms with van der Waals surface area (Å²) in [6.45, 7) is 1.18. The Kier molecular flexibility index (Phi) is 4.04. The number of hydrogen-bond acceptors (Lipinski definition) is 3. The van der Waals surface area contributed by atoms with Crippen LogP contribution in [0.5, 0.6) is 5.75 Å². The SMILES string of the molecule is NCC1CCC(COc2ccc(Cl)cc2)O1. The highest BCUT2D eigenvalue weighted by molar-refractivity contribution is 6.30. The first-order valence-corrected chi connectivity index (χ1v) is 5.89. The van der Waals surface area contributed by atoms with Crippen molar-refractivity contribution in [3.8, 4) is 5.75 Å². The molecule has 0 amide bonds. The zero-order valence-electron chi connectivity index (χ0n) is 9.06. The van der Waals surface area contributed by atoms with Crippen LogP contribution >= 0.6 is 11.6 Å². The summed E-state index contributed by atoms with van der Waals surface area (Å²) < 4.78 is 11.3. The third-order valence-electron chi connectivity index (χ3n) is 2.71. The Labute approximate surface area is 100 Å². The number of hydrogen-bond donors (Lipinski definition) is 1. The lowest BCUT2D eigenvalue weighted by Crippen LogP contribution is -2.23. The van der Waals surface area contributed by atoms with E-state index >= 15 is 0 Å². The molecule has 1 heterocycles. The van der Waals surface area contributed by atoms with Crippen LogP contribution in [0.4, 0.5) is 0 Å². The minimum absolute atomic E-state index is 0.171. The summed E-state index contributed by atoms with van der Waals surface area (Å²) >= 11 is 5.78. The van der Waals surface area contributed by atoms with E-state index in [0.29, 0.717) is 18.2 Å². The Morgan fingerprint density at radius 1 is 1.25 bits per heavy atom. The first-order valence-electron chi connectivity index (χ1n) is 5.52. The molecule has 1 aromatic carbocycles. The molecule has 2 N–H and O–H groups in total. The van der Waals surface area contributed by atoms with Crippen LogP contribution in [0.3, 0.4) is 0 Å². The summed E-state index contributed by atoms with van der Waals surface area (Å²) in [5, 5.41) is 0.715. The predicted molar refractivity (Wildman–Crippen MR) is 63.9 cm³/mol. The molecule has 0 radical (unpaired) electrons. The van der Waals surface area contributed by atoms with E-state index in [4.69, 9.17) is 26.8 Å². The highest BCUT2D eigenvalue weighted by Gasteiger charge is 2.24. The smallest absolute Gasteiger partial charge is 0.119 e. The van der Waals surface area contributed by atoms with Gasteiger partial charge in [0.05, 0.1) is 12.2 Å². The third kappa shape index (κ3) is 3.11. The van der Waals surface area contributed by atoms with Crippen molar-refractivity contribution < 1.29 is 9.47 Å². The molecule has 1 aliphatic rings. The summed E-state index contributed by atoms with van der Waals surface area (Å²) in [6.07, 6.45) is 2.43. The largest absolute Gasteiger partial charge is 0.491 e. The molecule has 0 aliphatic carbocycles. The normalized spacial score (nSPS) is 24.6. The van der Waals surface area contributed by atoms with Crippen LogP contribution in [-0.4, -0.2) is 25.4 Å². The lowest BCUT2D eigenvalue weighted by molar-refractivity contribution is 0.0222. The van der Waals surface area contributed by atoms with Gasteiger partial charge in [0.25, 0.3) is 0 Å². The molecule has 1 fully saturated rings. The quantitative estimate of drug-likeness (QED) is 0.879. The van der Waals surface area contributed by atoms with Crippen LogP contribution in [0.25, 0.3) is 0 Å². The summed E-state index contributed by atoms with van der Waals surface area (Å²) in [6, 6.07) is 7.35. The first-order chi connectivity index (χ1) is 7.78. The Morgan fingerprint density at radius 3 is 2.56 bits per heavy atom. The van der Waals surface area contributed by atoms with Gasteiger partial charge >= 0.3 is 0 Å². The van der Waals surface area contributed by atoms with Crippen LogP contribution < -0.4 is 10.5 Å². The van der Waals surface area contributed by atoms with E-state index in [0.717, 1.165) is 18.6 Å². The van der Waals surface area contributed by atoms with Crippen molar-refractivity contribution in [2.75, 3.05) is 13.2 Å². The van der Waals surface area contributed by atoms with Gasteiger partial charge in [0.2, 0.25) is 0 Å². The van der Waals surface area contributed by atoms with Gasteiger partial charge in [0.1, 0.15) is 12.4 Å². The van der Waals surface area contributed by atoms with Gasteiger partial charge in [0, 0.05) is 11.6 Å². The molecule has 0 saturated carbocycles. The Morgan fingerprint density at radius 2 is 1.94 bits per heavy atom. The van der Waals surface area contributed by atoms with E-state index in [2.05, 4.69) is 0 Å². The summed E-state index contributed by atoms with van der Waals surface area (Å²) in [5.74, 6) is 0.823. The lowest BCUT2D eigenvalue weighted by atomic mass is 10.2. The van der Waals surface area contributed by atoms with Crippen LogP contribution in [0, 0.1) is 0 Å². The molecule has 0 spiro atoms. The molecule has 1 saturated heterocycles. The second-order valence-corrected chi connectivity index (χ2v) is 4.39. The number of halogens is 1. The molecule has 0 aromatic heterocycles. The molecular formula is C12H16ClNO2. The second kappa shape index (κ2) is 5.53. The van der Waals surface area contributed by atoms with Crippen molar-refractivity contribution in [3.05, 3.63) is 29.3 Å². The zero-order valence-corrected chi connectivity index (χ0v) is 9.82. The Hall–Kier alpha value is -0.770. The summed E-state index contributed by atoms with van der Waals surface area (Å²) in [4.78, 5) is 0. The van der Waals surface area contributed by atoms with Gasteiger partial charge in [-0.25, -0.2) is 0 Å². The van der Waals surface area contributed by atoms with Gasteiger partial charge in [-0.3, -0.25) is 0 Å². The maximum Gasteiger partial charge on any atom is 0.119 e. The van der Waals surface area contributed by atoms with Crippen LogP contribution in [0.2, 0.25) is 5.02 Å². The molecule has 2 rings (SSSR count). The summed E-state index contributed by atoms with van der Waals surface area (Å²) in [5.41, 5.74) is 5.54. The third-order valence-corrected chi connectivity index (χ3v) is 2.96. The molecule has 4 heteroatoms. The summed E-state index contributed by atoms with van der Waals surface area (Å²) in [7, 11) is 0. The first kappa shape index (κ1) is 11.7. The second-order valence-electron chi connectivity index (χ2n) is 3.96. The van der Waals surface area contributed by atoms with E-state index in [9.17, 15) is 0 Å². The average Bonchev–Trinajstić information content (AvgIpc) is 2.76. The van der Waals surface area contributed by atoms with E-state index in [1.807, 2.05) is 24.3 Å². The molecule has 1 aliphatic heterocycles. The zero-order chi connectivity index (χ0) is 11.4. The van der Waals surface area contributed by atoms with Gasteiger partial charge in [-0.05, 0) is 37.1 Å². The van der Waals surface area contributed by atoms with E-state index in [-0.39, 0.29) is 12.2 Å². The molecule has 16 heavy (non-hydrogen) atoms. The molecule has 0 bridgehead atoms. The average molecular weight is 242 g/mol. The molecule has 2 unspecified atom stereocenters. The van der Waals surface area contributed by atoms with Crippen LogP contribution in [0.1, 0.15) is 12.8 Å². The molecule has 88 valence electrons. The molecule has 1 aromatic rings. The highest BCUT2D eigenvalue weighted by Crippen LogP contribution is 2.21. The van der Waals surface area contributed by atoms with Crippen molar-refractivity contribution in [1.29, 1.82) is 0 Å². The van der Waals surface area contributed by atoms with E-state index in [1.54, 1.807) is 0 Å². The predicted octanol–water partition coefficient (Wildman–Crippen LogP) is 2.23. The van der Waals surface area contributed by atoms with Crippen molar-refractivity contribution in [1.82, 2.24) is 0 Å². The fourth-order valence-corrected chi connectivity index (χ4v) is 1.92. The lowest BCUT2D eigenvalue weighted by Gasteiger charge is -2.13. The minimum atomic E-state index is 0.171. The Bertz CT molecular complexity index is 328. The fourth-order valence-electron chi connectivity index (χ4n) is 1.80. The molecule has 2 atom stereocenters. The van der Waals surface area contributed by atoms with Gasteiger partial charge in [-0.2, -0.15) is 0 Å². The van der Waals surface area contributed by atoms with E-state index in [1.165, 1.54) is 0 Å². The van der Waals surface area contributed by atoms with Gasteiger partial charge in [-0.1, -0.05) is 11.6 Å². The highest BCUT2D eigenvalue weighted by atomic mass is 35.5. The minimum Gasteiger partial charge on any atom is -0.491 e. The fraction of sp³-hybridized carbons (Fsp3) is 0.500. The van der Waals surface area contributed by atoms with Crippen LogP contribution in [-0.2, 0) is 4.74 Å². The molecular weight excluding hydrogens is 226 g/mol. The van der Waals surface area contributed by atoms with Crippen molar-refractivity contribution in [2.45, 2.75) is 25.0 Å². The monoisotopic (exact) mass is 241 g/mol. The maximum atomic E-state index is 5.78. The maximum absolute atomic E-state index is 5.78. The van der Waals surface area contributed by atoms with Gasteiger partial charge < -0.3 is 15.2 Å².